The van der Waals surface area contributed by atoms with E-state index in [1.807, 2.05) is 25.1 Å². The van der Waals surface area contributed by atoms with Crippen LogP contribution >= 0.6 is 0 Å². The summed E-state index contributed by atoms with van der Waals surface area (Å²) in [5.74, 6) is 0.395. The molecule has 0 aliphatic heterocycles. The van der Waals surface area contributed by atoms with E-state index in [1.54, 1.807) is 31.2 Å². The molecule has 0 aromatic heterocycles. The van der Waals surface area contributed by atoms with E-state index in [0.29, 0.717) is 24.5 Å². The average Bonchev–Trinajstić information content (AvgIpc) is 2.58. The van der Waals surface area contributed by atoms with Crippen LogP contribution in [0.15, 0.2) is 48.5 Å². The van der Waals surface area contributed by atoms with E-state index in [9.17, 15) is 14.9 Å². The molecule has 0 fully saturated rings. The molecule has 132 valence electrons. The Morgan fingerprint density at radius 1 is 1.20 bits per heavy atom. The zero-order chi connectivity index (χ0) is 18.2. The number of carbonyl (C=O) groups excluding carboxylic acids is 1. The maximum absolute atomic E-state index is 12.0. The molecule has 0 saturated carbocycles. The maximum atomic E-state index is 12.0. The van der Waals surface area contributed by atoms with Gasteiger partial charge in [0.25, 0.3) is 11.6 Å². The van der Waals surface area contributed by atoms with Gasteiger partial charge >= 0.3 is 0 Å². The summed E-state index contributed by atoms with van der Waals surface area (Å²) in [6.07, 6.45) is -0.632. The molecule has 0 bridgehead atoms. The number of amides is 1. The molecule has 1 amide bonds. The molecule has 0 heterocycles. The topological polar surface area (TPSA) is 93.5 Å². The van der Waals surface area contributed by atoms with Gasteiger partial charge in [0.1, 0.15) is 11.4 Å². The molecule has 0 spiro atoms. The Kier molecular flexibility index (Phi) is 6.33. The van der Waals surface area contributed by atoms with Crippen molar-refractivity contribution in [2.24, 2.45) is 0 Å². The number of benzene rings is 2. The molecular weight excluding hydrogens is 322 g/mol. The van der Waals surface area contributed by atoms with Gasteiger partial charge in [-0.25, -0.2) is 0 Å². The van der Waals surface area contributed by atoms with E-state index in [-0.39, 0.29) is 11.6 Å². The number of anilines is 1. The van der Waals surface area contributed by atoms with Crippen LogP contribution in [0, 0.1) is 17.0 Å². The van der Waals surface area contributed by atoms with E-state index in [1.165, 1.54) is 6.07 Å². The number of nitro benzene ring substituents is 1. The Morgan fingerprint density at radius 2 is 1.96 bits per heavy atom. The first kappa shape index (κ1) is 18.3. The van der Waals surface area contributed by atoms with Crippen LogP contribution in [-0.2, 0) is 4.79 Å². The van der Waals surface area contributed by atoms with Crippen molar-refractivity contribution in [3.8, 4) is 5.75 Å². The second kappa shape index (κ2) is 8.68. The molecule has 0 aliphatic carbocycles. The highest BCUT2D eigenvalue weighted by Gasteiger charge is 2.15. The molecular formula is C18H21N3O4. The van der Waals surface area contributed by atoms with Crippen molar-refractivity contribution in [2.45, 2.75) is 20.0 Å². The van der Waals surface area contributed by atoms with Crippen LogP contribution in [0.2, 0.25) is 0 Å². The molecule has 2 aromatic rings. The first-order valence-corrected chi connectivity index (χ1v) is 7.95. The quantitative estimate of drug-likeness (QED) is 0.437. The Bertz CT molecular complexity index is 749. The van der Waals surface area contributed by atoms with Gasteiger partial charge in [-0.2, -0.15) is 0 Å². The van der Waals surface area contributed by atoms with Crippen molar-refractivity contribution in [3.63, 3.8) is 0 Å². The molecule has 2 aromatic carbocycles. The van der Waals surface area contributed by atoms with Crippen molar-refractivity contribution in [1.82, 2.24) is 5.32 Å². The molecule has 0 unspecified atom stereocenters. The van der Waals surface area contributed by atoms with Crippen molar-refractivity contribution < 1.29 is 14.5 Å². The number of nitro groups is 1. The normalized spacial score (nSPS) is 11.4. The number of aryl methyl sites for hydroxylation is 1. The molecule has 7 nitrogen and oxygen atoms in total. The van der Waals surface area contributed by atoms with Gasteiger partial charge in [-0.3, -0.25) is 14.9 Å². The highest BCUT2D eigenvalue weighted by Crippen LogP contribution is 2.22. The Balaban J connectivity index is 1.78. The van der Waals surface area contributed by atoms with E-state index < -0.39 is 11.0 Å². The van der Waals surface area contributed by atoms with Crippen molar-refractivity contribution in [3.05, 3.63) is 64.2 Å². The predicted octanol–water partition coefficient (Wildman–Crippen LogP) is 2.90. The summed E-state index contributed by atoms with van der Waals surface area (Å²) in [6.45, 7) is 4.32. The Labute approximate surface area is 146 Å². The molecule has 0 radical (unpaired) electrons. The number of nitrogens with zero attached hydrogens (tertiary/aromatic N) is 1. The molecule has 0 aliphatic rings. The number of rotatable bonds is 8. The van der Waals surface area contributed by atoms with Crippen LogP contribution in [0.4, 0.5) is 11.4 Å². The highest BCUT2D eigenvalue weighted by atomic mass is 16.6. The molecule has 1 atom stereocenters. The third-order valence-corrected chi connectivity index (χ3v) is 3.51. The molecule has 0 saturated heterocycles. The Morgan fingerprint density at radius 3 is 2.68 bits per heavy atom. The van der Waals surface area contributed by atoms with Crippen molar-refractivity contribution >= 4 is 17.3 Å². The minimum atomic E-state index is -0.632. The second-order valence-corrected chi connectivity index (χ2v) is 5.57. The van der Waals surface area contributed by atoms with E-state index >= 15 is 0 Å². The van der Waals surface area contributed by atoms with E-state index in [4.69, 9.17) is 4.74 Å². The van der Waals surface area contributed by atoms with Gasteiger partial charge in [0.05, 0.1) is 4.92 Å². The van der Waals surface area contributed by atoms with E-state index in [2.05, 4.69) is 10.6 Å². The minimum absolute atomic E-state index is 0.00461. The molecule has 2 rings (SSSR count). The van der Waals surface area contributed by atoms with Crippen LogP contribution in [-0.4, -0.2) is 30.0 Å². The van der Waals surface area contributed by atoms with Gasteiger partial charge in [-0.1, -0.05) is 24.3 Å². The van der Waals surface area contributed by atoms with Gasteiger partial charge < -0.3 is 15.4 Å². The predicted molar refractivity (Wildman–Crippen MR) is 95.9 cm³/mol. The summed E-state index contributed by atoms with van der Waals surface area (Å²) in [6, 6.07) is 13.9. The molecule has 2 N–H and O–H groups in total. The summed E-state index contributed by atoms with van der Waals surface area (Å²) in [5, 5.41) is 16.6. The number of ether oxygens (including phenoxy) is 1. The van der Waals surface area contributed by atoms with Gasteiger partial charge in [0.15, 0.2) is 6.10 Å². The monoisotopic (exact) mass is 343 g/mol. The first-order chi connectivity index (χ1) is 12.0. The third kappa shape index (κ3) is 5.49. The summed E-state index contributed by atoms with van der Waals surface area (Å²) in [4.78, 5) is 22.5. The van der Waals surface area contributed by atoms with Crippen LogP contribution in [0.5, 0.6) is 5.75 Å². The lowest BCUT2D eigenvalue weighted by Crippen LogP contribution is -2.38. The number of para-hydroxylation sites is 2. The maximum Gasteiger partial charge on any atom is 0.292 e. The average molecular weight is 343 g/mol. The fraction of sp³-hybridized carbons (Fsp3) is 0.278. The zero-order valence-corrected chi connectivity index (χ0v) is 14.2. The van der Waals surface area contributed by atoms with Gasteiger partial charge in [-0.15, -0.1) is 0 Å². The summed E-state index contributed by atoms with van der Waals surface area (Å²) in [7, 11) is 0. The lowest BCUT2D eigenvalue weighted by molar-refractivity contribution is -0.384. The van der Waals surface area contributed by atoms with Gasteiger partial charge in [0.2, 0.25) is 0 Å². The lowest BCUT2D eigenvalue weighted by Gasteiger charge is -2.15. The zero-order valence-electron chi connectivity index (χ0n) is 14.2. The highest BCUT2D eigenvalue weighted by molar-refractivity contribution is 5.80. The molecule has 25 heavy (non-hydrogen) atoms. The molecule has 7 heteroatoms. The SMILES string of the molecule is Cc1cccc(O[C@@H](C)C(=O)NCCNc2ccccc2[N+](=O)[O-])c1. The Hall–Kier alpha value is -3.09. The third-order valence-electron chi connectivity index (χ3n) is 3.51. The van der Waals surface area contributed by atoms with Crippen molar-refractivity contribution in [2.75, 3.05) is 18.4 Å². The van der Waals surface area contributed by atoms with Gasteiger partial charge in [0, 0.05) is 19.2 Å². The number of hydrogen-bond donors (Lipinski definition) is 2. The summed E-state index contributed by atoms with van der Waals surface area (Å²) in [5.41, 5.74) is 1.48. The van der Waals surface area contributed by atoms with Crippen LogP contribution < -0.4 is 15.4 Å². The minimum Gasteiger partial charge on any atom is -0.481 e. The lowest BCUT2D eigenvalue weighted by atomic mass is 10.2. The summed E-state index contributed by atoms with van der Waals surface area (Å²) >= 11 is 0. The fourth-order valence-corrected chi connectivity index (χ4v) is 2.26. The number of hydrogen-bond acceptors (Lipinski definition) is 5. The van der Waals surface area contributed by atoms with Crippen LogP contribution in [0.1, 0.15) is 12.5 Å². The number of nitrogens with one attached hydrogen (secondary N) is 2. The summed E-state index contributed by atoms with van der Waals surface area (Å²) < 4.78 is 5.60. The van der Waals surface area contributed by atoms with E-state index in [0.717, 1.165) is 5.56 Å². The van der Waals surface area contributed by atoms with Gasteiger partial charge in [-0.05, 0) is 37.6 Å². The van der Waals surface area contributed by atoms with Crippen LogP contribution in [0.25, 0.3) is 0 Å². The fourth-order valence-electron chi connectivity index (χ4n) is 2.26. The second-order valence-electron chi connectivity index (χ2n) is 5.57. The largest absolute Gasteiger partial charge is 0.481 e. The van der Waals surface area contributed by atoms with Crippen molar-refractivity contribution in [1.29, 1.82) is 0 Å². The number of carbonyl (C=O) groups is 1. The standard InChI is InChI=1S/C18H21N3O4/c1-13-6-5-7-15(12-13)25-14(2)18(22)20-11-10-19-16-8-3-4-9-17(16)21(23)24/h3-9,12,14,19H,10-11H2,1-2H3,(H,20,22)/t14-/m0/s1. The smallest absolute Gasteiger partial charge is 0.292 e. The van der Waals surface area contributed by atoms with Crippen LogP contribution in [0.3, 0.4) is 0 Å². The first-order valence-electron chi connectivity index (χ1n) is 7.95.